The zero-order valence-corrected chi connectivity index (χ0v) is 17.0. The van der Waals surface area contributed by atoms with Gasteiger partial charge in [-0.15, -0.1) is 11.3 Å². The fraction of sp³-hybridized carbons (Fsp3) is 0.368. The molecule has 2 rings (SSSR count). The van der Waals surface area contributed by atoms with Crippen molar-refractivity contribution in [2.75, 3.05) is 13.3 Å². The molecular formula is C19H23NO4S2. The van der Waals surface area contributed by atoms with Gasteiger partial charge in [-0.25, -0.2) is 8.42 Å². The fourth-order valence-corrected chi connectivity index (χ4v) is 4.00. The van der Waals surface area contributed by atoms with Gasteiger partial charge in [0.05, 0.1) is 15.8 Å². The molecule has 1 amide bonds. The summed E-state index contributed by atoms with van der Waals surface area (Å²) >= 11 is 1.44. The second-order valence-electron chi connectivity index (χ2n) is 6.36. The average Bonchev–Trinajstić information content (AvgIpc) is 3.04. The maximum absolute atomic E-state index is 12.4. The predicted octanol–water partition coefficient (Wildman–Crippen LogP) is 3.64. The summed E-state index contributed by atoms with van der Waals surface area (Å²) in [6.07, 6.45) is 1.49. The Labute approximate surface area is 158 Å². The van der Waals surface area contributed by atoms with Crippen LogP contribution in [0.25, 0.3) is 0 Å². The van der Waals surface area contributed by atoms with E-state index in [1.54, 1.807) is 42.3 Å². The molecule has 0 saturated heterocycles. The van der Waals surface area contributed by atoms with Crippen LogP contribution in [0.2, 0.25) is 0 Å². The monoisotopic (exact) mass is 393 g/mol. The van der Waals surface area contributed by atoms with E-state index in [1.165, 1.54) is 11.3 Å². The Kier molecular flexibility index (Phi) is 6.36. The number of hydrogen-bond donors (Lipinski definition) is 0. The number of carbonyl (C=O) groups is 2. The third kappa shape index (κ3) is 5.02. The number of ketones is 1. The van der Waals surface area contributed by atoms with Crippen LogP contribution in [0.3, 0.4) is 0 Å². The van der Waals surface area contributed by atoms with Gasteiger partial charge in [-0.3, -0.25) is 9.59 Å². The van der Waals surface area contributed by atoms with Crippen molar-refractivity contribution in [2.24, 2.45) is 0 Å². The molecule has 2 aromatic rings. The summed E-state index contributed by atoms with van der Waals surface area (Å²) in [7, 11) is -1.55. The van der Waals surface area contributed by atoms with Crippen LogP contribution in [0.4, 0.5) is 0 Å². The molecule has 1 aromatic carbocycles. The molecule has 0 spiro atoms. The maximum Gasteiger partial charge on any atom is 0.223 e. The summed E-state index contributed by atoms with van der Waals surface area (Å²) in [5.74, 6) is -0.138. The first-order valence-corrected chi connectivity index (χ1v) is 11.0. The largest absolute Gasteiger partial charge is 0.339 e. The van der Waals surface area contributed by atoms with E-state index in [4.69, 9.17) is 0 Å². The Hall–Kier alpha value is -1.99. The van der Waals surface area contributed by atoms with Gasteiger partial charge < -0.3 is 4.90 Å². The molecule has 7 heteroatoms. The highest BCUT2D eigenvalue weighted by atomic mass is 32.2. The van der Waals surface area contributed by atoms with Crippen molar-refractivity contribution in [1.82, 2.24) is 4.90 Å². The van der Waals surface area contributed by atoms with Crippen molar-refractivity contribution >= 4 is 32.9 Å². The average molecular weight is 394 g/mol. The second kappa shape index (κ2) is 8.14. The van der Waals surface area contributed by atoms with Crippen molar-refractivity contribution in [3.05, 3.63) is 51.7 Å². The summed E-state index contributed by atoms with van der Waals surface area (Å²) in [5.41, 5.74) is 0.841. The molecule has 0 radical (unpaired) electrons. The molecule has 0 saturated carbocycles. The highest BCUT2D eigenvalue weighted by Crippen LogP contribution is 2.22. The Balaban J connectivity index is 1.97. The van der Waals surface area contributed by atoms with Crippen LogP contribution in [-0.2, 0) is 14.6 Å². The summed E-state index contributed by atoms with van der Waals surface area (Å²) in [6, 6.07) is 9.99. The van der Waals surface area contributed by atoms with Crippen molar-refractivity contribution < 1.29 is 18.0 Å². The Morgan fingerprint density at radius 3 is 2.19 bits per heavy atom. The van der Waals surface area contributed by atoms with E-state index in [0.29, 0.717) is 4.88 Å². The second-order valence-corrected chi connectivity index (χ2v) is 9.66. The standard InChI is InChI=1S/C19H23NO4S2/c1-13-5-11-18(25-13)17(21)10-12-19(22)20(3)14(2)15-6-8-16(9-7-15)26(4,23)24/h5-9,11,14H,10,12H2,1-4H3. The van der Waals surface area contributed by atoms with Gasteiger partial charge in [0.25, 0.3) is 0 Å². The van der Waals surface area contributed by atoms with Crippen LogP contribution >= 0.6 is 11.3 Å². The van der Waals surface area contributed by atoms with Gasteiger partial charge in [0.2, 0.25) is 5.91 Å². The van der Waals surface area contributed by atoms with Gasteiger partial charge in [0, 0.05) is 31.0 Å². The van der Waals surface area contributed by atoms with Crippen LogP contribution in [0.1, 0.15) is 45.9 Å². The molecule has 5 nitrogen and oxygen atoms in total. The number of carbonyl (C=O) groups excluding carboxylic acids is 2. The minimum Gasteiger partial charge on any atom is -0.339 e. The summed E-state index contributed by atoms with van der Waals surface area (Å²) in [4.78, 5) is 28.1. The zero-order valence-electron chi connectivity index (χ0n) is 15.4. The molecule has 1 heterocycles. The number of thiophene rings is 1. The van der Waals surface area contributed by atoms with Crippen molar-refractivity contribution in [3.8, 4) is 0 Å². The van der Waals surface area contributed by atoms with Gasteiger partial charge in [0.15, 0.2) is 15.6 Å². The van der Waals surface area contributed by atoms with Gasteiger partial charge in [-0.05, 0) is 43.7 Å². The fourth-order valence-electron chi connectivity index (χ4n) is 2.54. The van der Waals surface area contributed by atoms with E-state index in [-0.39, 0.29) is 35.5 Å². The van der Waals surface area contributed by atoms with Crippen LogP contribution in [0.5, 0.6) is 0 Å². The molecule has 0 aliphatic heterocycles. The number of hydrogen-bond acceptors (Lipinski definition) is 5. The van der Waals surface area contributed by atoms with Crippen LogP contribution in [0.15, 0.2) is 41.3 Å². The number of amides is 1. The molecule has 0 aliphatic rings. The summed E-state index contributed by atoms with van der Waals surface area (Å²) < 4.78 is 23.1. The Morgan fingerprint density at radius 2 is 1.69 bits per heavy atom. The lowest BCUT2D eigenvalue weighted by molar-refractivity contribution is -0.131. The normalized spacial score (nSPS) is 12.6. The number of Topliss-reactive ketones (excluding diaryl/α,β-unsaturated/α-hetero) is 1. The van der Waals surface area contributed by atoms with E-state index in [0.717, 1.165) is 16.7 Å². The molecule has 0 aliphatic carbocycles. The Bertz CT molecular complexity index is 898. The third-order valence-electron chi connectivity index (χ3n) is 4.35. The van der Waals surface area contributed by atoms with Gasteiger partial charge in [-0.2, -0.15) is 0 Å². The van der Waals surface area contributed by atoms with E-state index < -0.39 is 9.84 Å². The van der Waals surface area contributed by atoms with Gasteiger partial charge in [-0.1, -0.05) is 12.1 Å². The number of benzene rings is 1. The molecule has 0 bridgehead atoms. The summed E-state index contributed by atoms with van der Waals surface area (Å²) in [5, 5.41) is 0. The first kappa shape index (κ1) is 20.3. The topological polar surface area (TPSA) is 71.5 Å². The minimum atomic E-state index is -3.24. The SMILES string of the molecule is Cc1ccc(C(=O)CCC(=O)N(C)C(C)c2ccc(S(C)(=O)=O)cc2)s1. The van der Waals surface area contributed by atoms with Crippen LogP contribution in [0, 0.1) is 6.92 Å². The van der Waals surface area contributed by atoms with Crippen molar-refractivity contribution in [3.63, 3.8) is 0 Å². The highest BCUT2D eigenvalue weighted by Gasteiger charge is 2.19. The summed E-state index contributed by atoms with van der Waals surface area (Å²) in [6.45, 7) is 3.81. The van der Waals surface area contributed by atoms with E-state index in [9.17, 15) is 18.0 Å². The smallest absolute Gasteiger partial charge is 0.223 e. The van der Waals surface area contributed by atoms with E-state index >= 15 is 0 Å². The zero-order chi connectivity index (χ0) is 19.5. The maximum atomic E-state index is 12.4. The van der Waals surface area contributed by atoms with Gasteiger partial charge >= 0.3 is 0 Å². The Morgan fingerprint density at radius 1 is 1.08 bits per heavy atom. The molecule has 1 unspecified atom stereocenters. The predicted molar refractivity (Wildman–Crippen MR) is 103 cm³/mol. The van der Waals surface area contributed by atoms with Crippen molar-refractivity contribution in [1.29, 1.82) is 0 Å². The number of sulfone groups is 1. The lowest BCUT2D eigenvalue weighted by Crippen LogP contribution is -2.29. The molecule has 1 atom stereocenters. The van der Waals surface area contributed by atoms with Crippen LogP contribution < -0.4 is 0 Å². The number of aryl methyl sites for hydroxylation is 1. The minimum absolute atomic E-state index is 0.0185. The van der Waals surface area contributed by atoms with Crippen LogP contribution in [-0.4, -0.2) is 38.3 Å². The third-order valence-corrected chi connectivity index (χ3v) is 6.52. The first-order valence-electron chi connectivity index (χ1n) is 8.25. The van der Waals surface area contributed by atoms with E-state index in [2.05, 4.69) is 0 Å². The molecule has 140 valence electrons. The highest BCUT2D eigenvalue weighted by molar-refractivity contribution is 7.90. The molecule has 26 heavy (non-hydrogen) atoms. The van der Waals surface area contributed by atoms with E-state index in [1.807, 2.05) is 19.9 Å². The lowest BCUT2D eigenvalue weighted by Gasteiger charge is -2.25. The lowest BCUT2D eigenvalue weighted by atomic mass is 10.1. The molecule has 0 N–H and O–H groups in total. The van der Waals surface area contributed by atoms with Crippen molar-refractivity contribution in [2.45, 2.75) is 37.6 Å². The quantitative estimate of drug-likeness (QED) is 0.673. The molecule has 0 fully saturated rings. The number of nitrogens with zero attached hydrogens (tertiary/aromatic N) is 1. The van der Waals surface area contributed by atoms with Gasteiger partial charge in [0.1, 0.15) is 0 Å². The molecule has 1 aromatic heterocycles. The molecular weight excluding hydrogens is 370 g/mol. The first-order chi connectivity index (χ1) is 12.1. The number of rotatable bonds is 7.